The van der Waals surface area contributed by atoms with E-state index in [0.717, 1.165) is 6.29 Å². The summed E-state index contributed by atoms with van der Waals surface area (Å²) in [5.74, 6) is -0.433. The number of ether oxygens (including phenoxy) is 1. The molecule has 0 saturated heterocycles. The summed E-state index contributed by atoms with van der Waals surface area (Å²) in [5, 5.41) is 0. The van der Waals surface area contributed by atoms with Crippen molar-refractivity contribution in [3.63, 3.8) is 0 Å². The van der Waals surface area contributed by atoms with E-state index in [1.807, 2.05) is 0 Å². The minimum atomic E-state index is -1.57. The van der Waals surface area contributed by atoms with Crippen molar-refractivity contribution in [1.29, 1.82) is 0 Å². The molecule has 6 heteroatoms. The molecular weight excluding hydrogens is 262 g/mol. The fourth-order valence-electron chi connectivity index (χ4n) is 0.705. The Hall–Kier alpha value is -0.250. The van der Waals surface area contributed by atoms with E-state index >= 15 is 0 Å². The molecule has 0 atom stereocenters. The number of hydrogen-bond acceptors (Lipinski definition) is 3. The van der Waals surface area contributed by atoms with Gasteiger partial charge < -0.3 is 9.53 Å². The minimum absolute atomic E-state index is 0.204. The lowest BCUT2D eigenvalue weighted by atomic mass is 10.3. The van der Waals surface area contributed by atoms with Crippen molar-refractivity contribution in [2.45, 2.75) is 23.1 Å². The topological polar surface area (TPSA) is 43.4 Å². The van der Waals surface area contributed by atoms with Crippen LogP contribution in [0.3, 0.4) is 0 Å². The summed E-state index contributed by atoms with van der Waals surface area (Å²) in [6.07, 6.45) is 5.24. The number of alkyl halides is 3. The second kappa shape index (κ2) is 7.97. The zero-order valence-corrected chi connectivity index (χ0v) is 10.2. The summed E-state index contributed by atoms with van der Waals surface area (Å²) in [4.78, 5) is 20.9. The average Bonchev–Trinajstić information content (AvgIpc) is 2.13. The Morgan fingerprint density at radius 3 is 2.47 bits per heavy atom. The lowest BCUT2D eigenvalue weighted by Crippen LogP contribution is -2.16. The fourth-order valence-corrected chi connectivity index (χ4v) is 0.869. The summed E-state index contributed by atoms with van der Waals surface area (Å²) < 4.78 is 3.11. The van der Waals surface area contributed by atoms with Gasteiger partial charge in [0.15, 0.2) is 0 Å². The molecule has 0 aromatic carbocycles. The van der Waals surface area contributed by atoms with Crippen LogP contribution in [0.4, 0.5) is 0 Å². The number of carbonyl (C=O) groups excluding carboxylic acids is 2. The molecule has 0 aliphatic rings. The third-order valence-electron chi connectivity index (χ3n) is 1.31. The standard InChI is InChI=1S/C9H11Cl3O3/c10-9(11,12)7-15-8(14)5-3-1-2-4-6-13/h1-2,6H,3-5,7H2/b2-1-. The molecule has 86 valence electrons. The first-order chi connectivity index (χ1) is 6.95. The van der Waals surface area contributed by atoms with Gasteiger partial charge in [-0.1, -0.05) is 47.0 Å². The first-order valence-corrected chi connectivity index (χ1v) is 5.40. The van der Waals surface area contributed by atoms with Gasteiger partial charge >= 0.3 is 5.97 Å². The normalized spacial score (nSPS) is 11.7. The van der Waals surface area contributed by atoms with E-state index in [9.17, 15) is 9.59 Å². The second-order valence-corrected chi connectivity index (χ2v) is 5.20. The van der Waals surface area contributed by atoms with Crippen molar-refractivity contribution in [1.82, 2.24) is 0 Å². The van der Waals surface area contributed by atoms with Crippen LogP contribution >= 0.6 is 34.8 Å². The van der Waals surface area contributed by atoms with Crippen molar-refractivity contribution in [2.24, 2.45) is 0 Å². The van der Waals surface area contributed by atoms with Crippen LogP contribution in [0.5, 0.6) is 0 Å². The Kier molecular flexibility index (Phi) is 7.83. The van der Waals surface area contributed by atoms with Crippen molar-refractivity contribution in [3.8, 4) is 0 Å². The maximum Gasteiger partial charge on any atom is 0.306 e. The van der Waals surface area contributed by atoms with Gasteiger partial charge in [0.2, 0.25) is 3.79 Å². The average molecular weight is 274 g/mol. The number of allylic oxidation sites excluding steroid dienone is 2. The zero-order chi connectivity index (χ0) is 11.7. The Labute approximate surface area is 103 Å². The Balaban J connectivity index is 3.54. The molecular formula is C9H11Cl3O3. The van der Waals surface area contributed by atoms with Gasteiger partial charge in [0.05, 0.1) is 0 Å². The highest BCUT2D eigenvalue weighted by atomic mass is 35.6. The Morgan fingerprint density at radius 2 is 1.93 bits per heavy atom. The molecule has 0 aliphatic heterocycles. The third kappa shape index (κ3) is 11.7. The van der Waals surface area contributed by atoms with Crippen LogP contribution in [0.2, 0.25) is 0 Å². The van der Waals surface area contributed by atoms with E-state index in [2.05, 4.69) is 4.74 Å². The van der Waals surface area contributed by atoms with E-state index in [4.69, 9.17) is 34.8 Å². The molecule has 3 nitrogen and oxygen atoms in total. The predicted molar refractivity (Wildman–Crippen MR) is 60.3 cm³/mol. The van der Waals surface area contributed by atoms with Crippen LogP contribution in [-0.2, 0) is 14.3 Å². The van der Waals surface area contributed by atoms with Gasteiger partial charge in [0.25, 0.3) is 0 Å². The highest BCUT2D eigenvalue weighted by Gasteiger charge is 2.21. The number of halogens is 3. The third-order valence-corrected chi connectivity index (χ3v) is 1.64. The van der Waals surface area contributed by atoms with Crippen molar-refractivity contribution >= 4 is 47.1 Å². The summed E-state index contributed by atoms with van der Waals surface area (Å²) in [6, 6.07) is 0. The molecule has 0 saturated carbocycles. The number of rotatable bonds is 6. The quantitative estimate of drug-likeness (QED) is 0.323. The zero-order valence-electron chi connectivity index (χ0n) is 7.92. The fraction of sp³-hybridized carbons (Fsp3) is 0.556. The minimum Gasteiger partial charge on any atom is -0.461 e. The van der Waals surface area contributed by atoms with Crippen LogP contribution in [0.1, 0.15) is 19.3 Å². The molecule has 0 heterocycles. The molecule has 0 spiro atoms. The molecule has 0 unspecified atom stereocenters. The van der Waals surface area contributed by atoms with E-state index in [-0.39, 0.29) is 13.0 Å². The molecule has 0 aromatic heterocycles. The monoisotopic (exact) mass is 272 g/mol. The molecule has 0 rings (SSSR count). The Bertz CT molecular complexity index is 233. The van der Waals surface area contributed by atoms with E-state index in [1.165, 1.54) is 0 Å². The van der Waals surface area contributed by atoms with Gasteiger partial charge in [0.1, 0.15) is 12.9 Å². The molecule has 0 N–H and O–H groups in total. The molecule has 0 amide bonds. The van der Waals surface area contributed by atoms with Gasteiger partial charge in [-0.2, -0.15) is 0 Å². The first kappa shape index (κ1) is 14.8. The number of esters is 1. The Morgan fingerprint density at radius 1 is 1.27 bits per heavy atom. The van der Waals surface area contributed by atoms with E-state index in [0.29, 0.717) is 12.8 Å². The molecule has 0 aliphatic carbocycles. The predicted octanol–water partition coefficient (Wildman–Crippen LogP) is 2.83. The van der Waals surface area contributed by atoms with Crippen LogP contribution in [0.15, 0.2) is 12.2 Å². The first-order valence-electron chi connectivity index (χ1n) is 4.26. The van der Waals surface area contributed by atoms with Crippen LogP contribution in [-0.4, -0.2) is 22.7 Å². The summed E-state index contributed by atoms with van der Waals surface area (Å²) in [5.41, 5.74) is 0. The van der Waals surface area contributed by atoms with Gasteiger partial charge in [-0.05, 0) is 6.42 Å². The largest absolute Gasteiger partial charge is 0.461 e. The lowest BCUT2D eigenvalue weighted by Gasteiger charge is -2.10. The summed E-state index contributed by atoms with van der Waals surface area (Å²) in [6.45, 7) is -0.255. The molecule has 0 bridgehead atoms. The maximum atomic E-state index is 11.0. The molecule has 15 heavy (non-hydrogen) atoms. The van der Waals surface area contributed by atoms with Crippen molar-refractivity contribution in [2.75, 3.05) is 6.61 Å². The van der Waals surface area contributed by atoms with E-state index in [1.54, 1.807) is 12.2 Å². The number of aldehydes is 1. The molecule has 0 radical (unpaired) electrons. The van der Waals surface area contributed by atoms with Crippen molar-refractivity contribution < 1.29 is 14.3 Å². The highest BCUT2D eigenvalue weighted by Crippen LogP contribution is 2.26. The van der Waals surface area contributed by atoms with Crippen LogP contribution < -0.4 is 0 Å². The van der Waals surface area contributed by atoms with Crippen LogP contribution in [0.25, 0.3) is 0 Å². The smallest absolute Gasteiger partial charge is 0.306 e. The van der Waals surface area contributed by atoms with Crippen molar-refractivity contribution in [3.05, 3.63) is 12.2 Å². The van der Waals surface area contributed by atoms with Gasteiger partial charge in [-0.3, -0.25) is 4.79 Å². The maximum absolute atomic E-state index is 11.0. The van der Waals surface area contributed by atoms with Crippen LogP contribution in [0, 0.1) is 0 Å². The van der Waals surface area contributed by atoms with Gasteiger partial charge in [-0.25, -0.2) is 0 Å². The SMILES string of the molecule is O=CC/C=C\CCC(=O)OCC(Cl)(Cl)Cl. The summed E-state index contributed by atoms with van der Waals surface area (Å²) in [7, 11) is 0. The molecule has 0 aromatic rings. The number of carbonyl (C=O) groups is 2. The molecule has 0 fully saturated rings. The number of hydrogen-bond donors (Lipinski definition) is 0. The summed E-state index contributed by atoms with van der Waals surface area (Å²) >= 11 is 16.1. The van der Waals surface area contributed by atoms with E-state index < -0.39 is 9.76 Å². The van der Waals surface area contributed by atoms with Gasteiger partial charge in [-0.15, -0.1) is 0 Å². The second-order valence-electron chi connectivity index (χ2n) is 2.69. The van der Waals surface area contributed by atoms with Gasteiger partial charge in [0, 0.05) is 12.8 Å². The lowest BCUT2D eigenvalue weighted by molar-refractivity contribution is -0.143. The highest BCUT2D eigenvalue weighted by molar-refractivity contribution is 6.67.